The van der Waals surface area contributed by atoms with Gasteiger partial charge in [0.2, 0.25) is 5.95 Å². The summed E-state index contributed by atoms with van der Waals surface area (Å²) in [5, 5.41) is 10.1. The molecule has 32 heavy (non-hydrogen) atoms. The SMILES string of the molecule is CCS(=O)c1cnc(N2CCc3cn[nH]c3C2)nc1Nc1ccc(CC(=O)OC)c(F)c1. The van der Waals surface area contributed by atoms with Crippen LogP contribution in [0.5, 0.6) is 0 Å². The van der Waals surface area contributed by atoms with E-state index < -0.39 is 22.6 Å². The lowest BCUT2D eigenvalue weighted by Crippen LogP contribution is -2.31. The van der Waals surface area contributed by atoms with E-state index in [1.165, 1.54) is 24.8 Å². The first-order valence-electron chi connectivity index (χ1n) is 10.1. The molecule has 2 aromatic heterocycles. The maximum atomic E-state index is 14.5. The highest BCUT2D eigenvalue weighted by molar-refractivity contribution is 7.85. The first-order valence-corrected chi connectivity index (χ1v) is 11.4. The van der Waals surface area contributed by atoms with Gasteiger partial charge >= 0.3 is 5.97 Å². The molecule has 3 heterocycles. The lowest BCUT2D eigenvalue weighted by Gasteiger charge is -2.27. The second-order valence-electron chi connectivity index (χ2n) is 7.25. The molecule has 0 fully saturated rings. The Morgan fingerprint density at radius 3 is 2.97 bits per heavy atom. The van der Waals surface area contributed by atoms with Crippen molar-refractivity contribution in [3.8, 4) is 0 Å². The number of carbonyl (C=O) groups excluding carboxylic acids is 1. The number of hydrogen-bond donors (Lipinski definition) is 2. The molecule has 1 atom stereocenters. The van der Waals surface area contributed by atoms with Gasteiger partial charge in [-0.3, -0.25) is 14.1 Å². The monoisotopic (exact) mass is 458 g/mol. The number of anilines is 3. The largest absolute Gasteiger partial charge is 0.469 e. The highest BCUT2D eigenvalue weighted by Crippen LogP contribution is 2.27. The van der Waals surface area contributed by atoms with Crippen LogP contribution in [0, 0.1) is 5.82 Å². The summed E-state index contributed by atoms with van der Waals surface area (Å²) in [4.78, 5) is 22.9. The molecule has 0 saturated carbocycles. The van der Waals surface area contributed by atoms with E-state index >= 15 is 0 Å². The summed E-state index contributed by atoms with van der Waals surface area (Å²) in [5.41, 5.74) is 2.83. The molecule has 1 aliphatic rings. The number of esters is 1. The molecule has 2 N–H and O–H groups in total. The predicted molar refractivity (Wildman–Crippen MR) is 118 cm³/mol. The molecule has 4 rings (SSSR count). The molecule has 9 nitrogen and oxygen atoms in total. The Bertz CT molecular complexity index is 1170. The summed E-state index contributed by atoms with van der Waals surface area (Å²) in [6, 6.07) is 4.42. The van der Waals surface area contributed by atoms with Crippen LogP contribution in [-0.4, -0.2) is 49.8 Å². The van der Waals surface area contributed by atoms with Gasteiger partial charge < -0.3 is 15.0 Å². The van der Waals surface area contributed by atoms with Crippen molar-refractivity contribution in [3.05, 3.63) is 53.2 Å². The third-order valence-electron chi connectivity index (χ3n) is 5.22. The highest BCUT2D eigenvalue weighted by Gasteiger charge is 2.22. The third-order valence-corrected chi connectivity index (χ3v) is 6.53. The number of ether oxygens (including phenoxy) is 1. The zero-order valence-electron chi connectivity index (χ0n) is 17.7. The van der Waals surface area contributed by atoms with E-state index in [1.807, 2.05) is 11.1 Å². The van der Waals surface area contributed by atoms with Crippen LogP contribution in [0.25, 0.3) is 0 Å². The number of fused-ring (bicyclic) bond motifs is 1. The molecule has 0 bridgehead atoms. The number of nitrogens with one attached hydrogen (secondary N) is 2. The van der Waals surface area contributed by atoms with Crippen LogP contribution in [0.4, 0.5) is 21.8 Å². The van der Waals surface area contributed by atoms with Gasteiger partial charge in [0.05, 0.1) is 53.9 Å². The molecule has 1 unspecified atom stereocenters. The maximum Gasteiger partial charge on any atom is 0.310 e. The van der Waals surface area contributed by atoms with Gasteiger partial charge in [-0.2, -0.15) is 10.1 Å². The third kappa shape index (κ3) is 4.62. The van der Waals surface area contributed by atoms with Crippen molar-refractivity contribution in [1.82, 2.24) is 20.2 Å². The predicted octanol–water partition coefficient (Wildman–Crippen LogP) is 2.49. The quantitative estimate of drug-likeness (QED) is 0.519. The van der Waals surface area contributed by atoms with Gasteiger partial charge in [0, 0.05) is 18.0 Å². The van der Waals surface area contributed by atoms with Crippen LogP contribution in [0.1, 0.15) is 23.7 Å². The van der Waals surface area contributed by atoms with Crippen LogP contribution in [0.2, 0.25) is 0 Å². The fourth-order valence-electron chi connectivity index (χ4n) is 3.44. The molecule has 3 aromatic rings. The number of carbonyl (C=O) groups is 1. The summed E-state index contributed by atoms with van der Waals surface area (Å²) in [6.45, 7) is 3.11. The topological polar surface area (TPSA) is 113 Å². The summed E-state index contributed by atoms with van der Waals surface area (Å²) >= 11 is 0. The average Bonchev–Trinajstić information content (AvgIpc) is 3.28. The van der Waals surface area contributed by atoms with E-state index in [2.05, 4.69) is 30.2 Å². The Hall–Kier alpha value is -3.34. The molecule has 168 valence electrons. The molecule has 0 radical (unpaired) electrons. The smallest absolute Gasteiger partial charge is 0.310 e. The zero-order chi connectivity index (χ0) is 22.7. The number of aromatic nitrogens is 4. The molecule has 1 aromatic carbocycles. The summed E-state index contributed by atoms with van der Waals surface area (Å²) in [6.07, 6.45) is 4.03. The number of hydrogen-bond acceptors (Lipinski definition) is 8. The van der Waals surface area contributed by atoms with E-state index in [1.54, 1.807) is 19.2 Å². The van der Waals surface area contributed by atoms with Gasteiger partial charge in [0.1, 0.15) is 5.82 Å². The molecule has 0 spiro atoms. The van der Waals surface area contributed by atoms with Crippen LogP contribution in [0.3, 0.4) is 0 Å². The Balaban J connectivity index is 1.62. The number of methoxy groups -OCH3 is 1. The van der Waals surface area contributed by atoms with Gasteiger partial charge in [-0.15, -0.1) is 0 Å². The van der Waals surface area contributed by atoms with E-state index in [4.69, 9.17) is 0 Å². The van der Waals surface area contributed by atoms with Crippen molar-refractivity contribution in [2.24, 2.45) is 0 Å². The first kappa shape index (κ1) is 21.9. The molecule has 0 saturated heterocycles. The number of H-pyrrole nitrogens is 1. The number of rotatable bonds is 7. The minimum atomic E-state index is -1.31. The average molecular weight is 459 g/mol. The van der Waals surface area contributed by atoms with Crippen molar-refractivity contribution in [2.45, 2.75) is 31.2 Å². The molecule has 1 aliphatic heterocycles. The Labute approximate surface area is 186 Å². The van der Waals surface area contributed by atoms with E-state index in [0.29, 0.717) is 34.6 Å². The summed E-state index contributed by atoms with van der Waals surface area (Å²) < 4.78 is 31.6. The zero-order valence-corrected chi connectivity index (χ0v) is 18.5. The minimum Gasteiger partial charge on any atom is -0.469 e. The summed E-state index contributed by atoms with van der Waals surface area (Å²) in [5.74, 6) is 0.159. The van der Waals surface area contributed by atoms with Gasteiger partial charge in [0.25, 0.3) is 0 Å². The normalized spacial score (nSPS) is 14.0. The van der Waals surface area contributed by atoms with Crippen molar-refractivity contribution >= 4 is 34.2 Å². The standard InChI is InChI=1S/C21H23FN6O3S/c1-3-32(30)18-11-23-21(28-7-6-14-10-24-27-17(14)12-28)26-20(18)25-15-5-4-13(16(22)9-15)8-19(29)31-2/h4-5,9-11H,3,6-8,12H2,1-2H3,(H,24,27)(H,23,25,26). The van der Waals surface area contributed by atoms with Crippen molar-refractivity contribution in [3.63, 3.8) is 0 Å². The fraction of sp³-hybridized carbons (Fsp3) is 0.333. The van der Waals surface area contributed by atoms with Crippen LogP contribution < -0.4 is 10.2 Å². The molecule has 11 heteroatoms. The minimum absolute atomic E-state index is 0.157. The van der Waals surface area contributed by atoms with Gasteiger partial charge in [-0.1, -0.05) is 13.0 Å². The van der Waals surface area contributed by atoms with Gasteiger partial charge in [0.15, 0.2) is 5.82 Å². The number of halogens is 1. The van der Waals surface area contributed by atoms with E-state index in [9.17, 15) is 13.4 Å². The Morgan fingerprint density at radius 1 is 1.38 bits per heavy atom. The lowest BCUT2D eigenvalue weighted by molar-refractivity contribution is -0.139. The van der Waals surface area contributed by atoms with Gasteiger partial charge in [-0.25, -0.2) is 9.37 Å². The number of aromatic amines is 1. The maximum absolute atomic E-state index is 14.5. The second-order valence-corrected chi connectivity index (χ2v) is 8.95. The molecular weight excluding hydrogens is 435 g/mol. The number of nitrogens with zero attached hydrogens (tertiary/aromatic N) is 4. The molecule has 0 amide bonds. The Kier molecular flexibility index (Phi) is 6.45. The van der Waals surface area contributed by atoms with Crippen molar-refractivity contribution in [2.75, 3.05) is 29.6 Å². The second kappa shape index (κ2) is 9.43. The number of benzene rings is 1. The van der Waals surface area contributed by atoms with Crippen molar-refractivity contribution < 1.29 is 18.1 Å². The highest BCUT2D eigenvalue weighted by atomic mass is 32.2. The molecule has 0 aliphatic carbocycles. The van der Waals surface area contributed by atoms with Crippen LogP contribution >= 0.6 is 0 Å². The van der Waals surface area contributed by atoms with Crippen molar-refractivity contribution in [1.29, 1.82) is 0 Å². The fourth-order valence-corrected chi connectivity index (χ4v) is 4.24. The molecular formula is C21H23FN6O3S. The first-order chi connectivity index (χ1) is 15.5. The Morgan fingerprint density at radius 2 is 2.22 bits per heavy atom. The van der Waals surface area contributed by atoms with Gasteiger partial charge in [-0.05, 0) is 29.7 Å². The van der Waals surface area contributed by atoms with Crippen LogP contribution in [0.15, 0.2) is 35.5 Å². The van der Waals surface area contributed by atoms with Crippen LogP contribution in [-0.2, 0) is 39.7 Å². The van der Waals surface area contributed by atoms with E-state index in [-0.39, 0.29) is 12.0 Å². The lowest BCUT2D eigenvalue weighted by atomic mass is 10.1. The van der Waals surface area contributed by atoms with E-state index in [0.717, 1.165) is 18.7 Å². The summed E-state index contributed by atoms with van der Waals surface area (Å²) in [7, 11) is -0.0569.